The molecule has 1 fully saturated rings. The Balaban J connectivity index is 1.74. The zero-order chi connectivity index (χ0) is 12.5. The highest BCUT2D eigenvalue weighted by Gasteiger charge is 2.29. The highest BCUT2D eigenvalue weighted by atomic mass is 32.2. The lowest BCUT2D eigenvalue weighted by atomic mass is 10.5. The zero-order valence-electron chi connectivity index (χ0n) is 10.0. The van der Waals surface area contributed by atoms with E-state index >= 15 is 0 Å². The fourth-order valence-electron chi connectivity index (χ4n) is 1.77. The topological polar surface area (TPSA) is 95.6 Å². The largest absolute Gasteiger partial charge is 0.425 e. The number of hydrogen-bond acceptors (Lipinski definition) is 7. The van der Waals surface area contributed by atoms with E-state index in [-0.39, 0.29) is 0 Å². The maximum absolute atomic E-state index is 5.67. The van der Waals surface area contributed by atoms with E-state index in [1.54, 1.807) is 18.7 Å². The molecule has 0 saturated heterocycles. The van der Waals surface area contributed by atoms with Gasteiger partial charge in [-0.1, -0.05) is 11.8 Å². The molecule has 0 bridgehead atoms. The summed E-state index contributed by atoms with van der Waals surface area (Å²) < 4.78 is 7.46. The van der Waals surface area contributed by atoms with Crippen LogP contribution in [0.4, 0.5) is 0 Å². The molecular formula is C10H14N6OS. The van der Waals surface area contributed by atoms with E-state index in [0.717, 1.165) is 11.0 Å². The standard InChI is InChI=1S/C10H14N6OS/c1-6-12-14-9(17-6)5-18-10-15-13-8(4-11)16(10)7-2-3-7/h7H,2-5,11H2,1H3. The summed E-state index contributed by atoms with van der Waals surface area (Å²) >= 11 is 1.56. The summed E-state index contributed by atoms with van der Waals surface area (Å²) in [4.78, 5) is 0. The van der Waals surface area contributed by atoms with Gasteiger partial charge in [-0.25, -0.2) is 0 Å². The fraction of sp³-hybridized carbons (Fsp3) is 0.600. The molecule has 0 atom stereocenters. The van der Waals surface area contributed by atoms with Gasteiger partial charge in [0.25, 0.3) is 0 Å². The number of hydrogen-bond donors (Lipinski definition) is 1. The number of rotatable bonds is 5. The molecule has 1 aliphatic rings. The Labute approximate surface area is 108 Å². The van der Waals surface area contributed by atoms with Gasteiger partial charge in [-0.05, 0) is 12.8 Å². The average molecular weight is 266 g/mol. The highest BCUT2D eigenvalue weighted by molar-refractivity contribution is 7.98. The van der Waals surface area contributed by atoms with Gasteiger partial charge in [0, 0.05) is 13.0 Å². The Morgan fingerprint density at radius 1 is 1.33 bits per heavy atom. The third-order valence-electron chi connectivity index (χ3n) is 2.72. The molecule has 18 heavy (non-hydrogen) atoms. The van der Waals surface area contributed by atoms with Crippen molar-refractivity contribution < 1.29 is 4.42 Å². The van der Waals surface area contributed by atoms with Crippen molar-refractivity contribution in [3.8, 4) is 0 Å². The minimum Gasteiger partial charge on any atom is -0.425 e. The molecule has 0 aromatic carbocycles. The maximum atomic E-state index is 5.67. The van der Waals surface area contributed by atoms with Crippen molar-refractivity contribution in [2.24, 2.45) is 5.73 Å². The summed E-state index contributed by atoms with van der Waals surface area (Å²) in [7, 11) is 0. The van der Waals surface area contributed by atoms with Crippen molar-refractivity contribution in [3.05, 3.63) is 17.6 Å². The SMILES string of the molecule is Cc1nnc(CSc2nnc(CN)n2C2CC2)o1. The summed E-state index contributed by atoms with van der Waals surface area (Å²) in [5.74, 6) is 2.65. The summed E-state index contributed by atoms with van der Waals surface area (Å²) in [6, 6.07) is 0.519. The smallest absolute Gasteiger partial charge is 0.226 e. The Kier molecular flexibility index (Phi) is 3.04. The van der Waals surface area contributed by atoms with E-state index in [1.165, 1.54) is 12.8 Å². The van der Waals surface area contributed by atoms with Crippen molar-refractivity contribution in [2.45, 2.75) is 43.3 Å². The second kappa shape index (κ2) is 4.69. The van der Waals surface area contributed by atoms with Gasteiger partial charge in [0.2, 0.25) is 11.8 Å². The van der Waals surface area contributed by atoms with Crippen molar-refractivity contribution in [1.82, 2.24) is 25.0 Å². The van der Waals surface area contributed by atoms with Gasteiger partial charge in [0.05, 0.1) is 12.3 Å². The molecule has 0 radical (unpaired) electrons. The van der Waals surface area contributed by atoms with E-state index in [9.17, 15) is 0 Å². The monoisotopic (exact) mass is 266 g/mol. The lowest BCUT2D eigenvalue weighted by Crippen LogP contribution is -2.08. The molecule has 0 unspecified atom stereocenters. The first kappa shape index (κ1) is 11.7. The van der Waals surface area contributed by atoms with Crippen LogP contribution in [-0.4, -0.2) is 25.0 Å². The second-order valence-electron chi connectivity index (χ2n) is 4.21. The number of aromatic nitrogens is 5. The molecule has 0 aliphatic heterocycles. The van der Waals surface area contributed by atoms with Crippen LogP contribution in [0.5, 0.6) is 0 Å². The van der Waals surface area contributed by atoms with E-state index in [0.29, 0.717) is 30.1 Å². The van der Waals surface area contributed by atoms with Crippen molar-refractivity contribution >= 4 is 11.8 Å². The molecule has 2 aromatic heterocycles. The third kappa shape index (κ3) is 2.25. The van der Waals surface area contributed by atoms with Gasteiger partial charge in [-0.2, -0.15) is 0 Å². The Hall–Kier alpha value is -1.41. The molecule has 1 saturated carbocycles. The van der Waals surface area contributed by atoms with E-state index < -0.39 is 0 Å². The lowest BCUT2D eigenvalue weighted by Gasteiger charge is -2.05. The number of nitrogens with zero attached hydrogens (tertiary/aromatic N) is 5. The zero-order valence-corrected chi connectivity index (χ0v) is 10.9. The molecule has 7 nitrogen and oxygen atoms in total. The molecule has 2 heterocycles. The normalized spacial score (nSPS) is 15.2. The predicted molar refractivity (Wildman–Crippen MR) is 64.8 cm³/mol. The fourth-order valence-corrected chi connectivity index (χ4v) is 2.63. The van der Waals surface area contributed by atoms with Gasteiger partial charge in [-0.15, -0.1) is 20.4 Å². The number of thioether (sulfide) groups is 1. The molecule has 3 rings (SSSR count). The van der Waals surface area contributed by atoms with Crippen LogP contribution in [0.2, 0.25) is 0 Å². The molecule has 0 amide bonds. The number of nitrogens with two attached hydrogens (primary N) is 1. The van der Waals surface area contributed by atoms with Crippen LogP contribution in [0.3, 0.4) is 0 Å². The van der Waals surface area contributed by atoms with E-state index in [2.05, 4.69) is 25.0 Å². The lowest BCUT2D eigenvalue weighted by molar-refractivity contribution is 0.485. The Morgan fingerprint density at radius 3 is 2.78 bits per heavy atom. The predicted octanol–water partition coefficient (Wildman–Crippen LogP) is 1.06. The second-order valence-corrected chi connectivity index (χ2v) is 5.15. The van der Waals surface area contributed by atoms with Crippen molar-refractivity contribution in [3.63, 3.8) is 0 Å². The quantitative estimate of drug-likeness (QED) is 0.808. The van der Waals surface area contributed by atoms with Gasteiger partial charge < -0.3 is 14.7 Å². The molecule has 2 aromatic rings. The maximum Gasteiger partial charge on any atom is 0.226 e. The molecular weight excluding hydrogens is 252 g/mol. The molecule has 96 valence electrons. The van der Waals surface area contributed by atoms with Crippen LogP contribution in [0.25, 0.3) is 0 Å². The van der Waals surface area contributed by atoms with Crippen molar-refractivity contribution in [2.75, 3.05) is 0 Å². The van der Waals surface area contributed by atoms with Crippen molar-refractivity contribution in [1.29, 1.82) is 0 Å². The van der Waals surface area contributed by atoms with Gasteiger partial charge >= 0.3 is 0 Å². The highest BCUT2D eigenvalue weighted by Crippen LogP contribution is 2.39. The molecule has 0 spiro atoms. The van der Waals surface area contributed by atoms with Gasteiger partial charge in [0.1, 0.15) is 5.82 Å². The summed E-state index contributed by atoms with van der Waals surface area (Å²) in [5, 5.41) is 16.9. The van der Waals surface area contributed by atoms with Gasteiger partial charge in [0.15, 0.2) is 5.16 Å². The van der Waals surface area contributed by atoms with Crippen LogP contribution < -0.4 is 5.73 Å². The minimum atomic E-state index is 0.420. The summed E-state index contributed by atoms with van der Waals surface area (Å²) in [6.45, 7) is 2.20. The molecule has 8 heteroatoms. The van der Waals surface area contributed by atoms with E-state index in [1.807, 2.05) is 0 Å². The van der Waals surface area contributed by atoms with Gasteiger partial charge in [-0.3, -0.25) is 0 Å². The van der Waals surface area contributed by atoms with Crippen LogP contribution in [0.15, 0.2) is 9.57 Å². The summed E-state index contributed by atoms with van der Waals surface area (Å²) in [6.07, 6.45) is 2.36. The van der Waals surface area contributed by atoms with Crippen LogP contribution in [-0.2, 0) is 12.3 Å². The van der Waals surface area contributed by atoms with Crippen LogP contribution in [0, 0.1) is 6.92 Å². The van der Waals surface area contributed by atoms with E-state index in [4.69, 9.17) is 10.2 Å². The van der Waals surface area contributed by atoms with Crippen LogP contribution in [0.1, 0.15) is 36.5 Å². The minimum absolute atomic E-state index is 0.420. The Morgan fingerprint density at radius 2 is 2.17 bits per heavy atom. The summed E-state index contributed by atoms with van der Waals surface area (Å²) in [5.41, 5.74) is 5.67. The first-order valence-corrected chi connectivity index (χ1v) is 6.82. The first-order valence-electron chi connectivity index (χ1n) is 5.83. The Bertz CT molecular complexity index is 546. The third-order valence-corrected chi connectivity index (χ3v) is 3.65. The molecule has 2 N–H and O–H groups in total. The number of aryl methyl sites for hydroxylation is 1. The first-order chi connectivity index (χ1) is 8.78. The average Bonchev–Trinajstić information content (AvgIpc) is 2.99. The molecule has 1 aliphatic carbocycles. The van der Waals surface area contributed by atoms with Crippen LogP contribution >= 0.6 is 11.8 Å².